The minimum absolute atomic E-state index is 0.249. The molecule has 2 nitrogen and oxygen atoms in total. The molecule has 0 aromatic carbocycles. The summed E-state index contributed by atoms with van der Waals surface area (Å²) in [5.74, 6) is 0.463. The quantitative estimate of drug-likeness (QED) is 0.596. The fourth-order valence-electron chi connectivity index (χ4n) is 3.32. The normalized spacial score (nSPS) is 47.1. The molecule has 1 saturated heterocycles. The zero-order chi connectivity index (χ0) is 10.4. The molecule has 0 radical (unpaired) electrons. The largest absolute Gasteiger partial charge is 0.347 e. The Morgan fingerprint density at radius 1 is 1.14 bits per heavy atom. The van der Waals surface area contributed by atoms with Crippen molar-refractivity contribution < 1.29 is 9.47 Å². The van der Waals surface area contributed by atoms with Gasteiger partial charge in [0.2, 0.25) is 0 Å². The van der Waals surface area contributed by atoms with Crippen LogP contribution in [0, 0.1) is 11.3 Å². The van der Waals surface area contributed by atoms with Crippen molar-refractivity contribution in [2.45, 2.75) is 58.8 Å². The lowest BCUT2D eigenvalue weighted by atomic mass is 9.70. The Hall–Kier alpha value is -0.0800. The van der Waals surface area contributed by atoms with E-state index in [1.807, 2.05) is 0 Å². The Bertz CT molecular complexity index is 224. The summed E-state index contributed by atoms with van der Waals surface area (Å²) in [6.45, 7) is 9.81. The second kappa shape index (κ2) is 3.21. The van der Waals surface area contributed by atoms with Crippen LogP contribution in [0.15, 0.2) is 0 Å². The predicted molar refractivity (Wildman–Crippen MR) is 56.0 cm³/mol. The number of hydrogen-bond acceptors (Lipinski definition) is 2. The zero-order valence-corrected chi connectivity index (χ0v) is 9.80. The van der Waals surface area contributed by atoms with E-state index in [1.165, 1.54) is 6.42 Å². The van der Waals surface area contributed by atoms with E-state index in [4.69, 9.17) is 9.47 Å². The zero-order valence-electron chi connectivity index (χ0n) is 9.80. The lowest BCUT2D eigenvalue weighted by Gasteiger charge is -2.44. The molecule has 0 amide bonds. The highest BCUT2D eigenvalue weighted by Crippen LogP contribution is 2.48. The molecule has 82 valence electrons. The van der Waals surface area contributed by atoms with Crippen molar-refractivity contribution in [3.8, 4) is 0 Å². The van der Waals surface area contributed by atoms with Gasteiger partial charge in [-0.15, -0.1) is 0 Å². The van der Waals surface area contributed by atoms with Gasteiger partial charge in [0.05, 0.1) is 12.7 Å². The Morgan fingerprint density at radius 2 is 1.86 bits per heavy atom. The topological polar surface area (TPSA) is 18.5 Å². The summed E-state index contributed by atoms with van der Waals surface area (Å²) < 4.78 is 11.9. The van der Waals surface area contributed by atoms with Crippen LogP contribution < -0.4 is 0 Å². The maximum Gasteiger partial charge on any atom is 0.169 e. The van der Waals surface area contributed by atoms with Crippen molar-refractivity contribution in [3.05, 3.63) is 0 Å². The van der Waals surface area contributed by atoms with Crippen LogP contribution in [-0.2, 0) is 9.47 Å². The lowest BCUT2D eigenvalue weighted by Crippen LogP contribution is -2.43. The van der Waals surface area contributed by atoms with Crippen LogP contribution in [-0.4, -0.2) is 18.5 Å². The summed E-state index contributed by atoms with van der Waals surface area (Å²) >= 11 is 0. The van der Waals surface area contributed by atoms with Crippen LogP contribution in [0.4, 0.5) is 0 Å². The van der Waals surface area contributed by atoms with Crippen LogP contribution in [0.25, 0.3) is 0 Å². The summed E-state index contributed by atoms with van der Waals surface area (Å²) in [5, 5.41) is 0. The van der Waals surface area contributed by atoms with Crippen LogP contribution >= 0.6 is 0 Å². The third kappa shape index (κ3) is 1.96. The first-order valence-electron chi connectivity index (χ1n) is 5.73. The molecule has 1 spiro atoms. The van der Waals surface area contributed by atoms with E-state index in [9.17, 15) is 0 Å². The molecule has 2 fully saturated rings. The second-order valence-electron chi connectivity index (χ2n) is 6.00. The first-order valence-corrected chi connectivity index (χ1v) is 5.73. The third-order valence-electron chi connectivity index (χ3n) is 3.31. The summed E-state index contributed by atoms with van der Waals surface area (Å²) in [7, 11) is 0. The summed E-state index contributed by atoms with van der Waals surface area (Å²) in [6.07, 6.45) is 3.68. The van der Waals surface area contributed by atoms with E-state index in [2.05, 4.69) is 27.7 Å². The number of ether oxygens (including phenoxy) is 2. The Kier molecular flexibility index (Phi) is 2.39. The first kappa shape index (κ1) is 10.4. The minimum atomic E-state index is -0.249. The van der Waals surface area contributed by atoms with E-state index >= 15 is 0 Å². The second-order valence-corrected chi connectivity index (χ2v) is 6.00. The third-order valence-corrected chi connectivity index (χ3v) is 3.31. The Labute approximate surface area is 87.0 Å². The monoisotopic (exact) mass is 198 g/mol. The predicted octanol–water partition coefficient (Wildman–Crippen LogP) is 2.96. The van der Waals surface area contributed by atoms with Crippen LogP contribution in [0.2, 0.25) is 0 Å². The fraction of sp³-hybridized carbons (Fsp3) is 1.00. The Morgan fingerprint density at radius 3 is 2.36 bits per heavy atom. The van der Waals surface area contributed by atoms with E-state index in [-0.39, 0.29) is 11.9 Å². The summed E-state index contributed by atoms with van der Waals surface area (Å²) in [5.41, 5.74) is 0.363. The van der Waals surface area contributed by atoms with Crippen LogP contribution in [0.1, 0.15) is 47.0 Å². The Balaban J connectivity index is 2.12. The van der Waals surface area contributed by atoms with E-state index in [1.54, 1.807) is 0 Å². The minimum Gasteiger partial charge on any atom is -0.347 e. The summed E-state index contributed by atoms with van der Waals surface area (Å²) in [6, 6.07) is 0. The van der Waals surface area contributed by atoms with Gasteiger partial charge in [0.15, 0.2) is 5.79 Å². The molecule has 2 aliphatic rings. The number of hydrogen-bond donors (Lipinski definition) is 0. The highest BCUT2D eigenvalue weighted by atomic mass is 16.7. The molecule has 3 atom stereocenters. The van der Waals surface area contributed by atoms with Crippen molar-refractivity contribution >= 4 is 0 Å². The first-order chi connectivity index (χ1) is 6.41. The molecule has 1 aliphatic heterocycles. The van der Waals surface area contributed by atoms with E-state index < -0.39 is 0 Å². The van der Waals surface area contributed by atoms with Crippen molar-refractivity contribution in [2.24, 2.45) is 11.3 Å². The molecule has 1 saturated carbocycles. The highest BCUT2D eigenvalue weighted by Gasteiger charge is 2.48. The van der Waals surface area contributed by atoms with Crippen LogP contribution in [0.5, 0.6) is 0 Å². The molecule has 0 aromatic rings. The average Bonchev–Trinajstić information content (AvgIpc) is 2.26. The van der Waals surface area contributed by atoms with Gasteiger partial charge in [-0.2, -0.15) is 0 Å². The SMILES string of the molecule is CC1CC(C)(C)CC2(C1)OCC(C)O2. The smallest absolute Gasteiger partial charge is 0.169 e. The maximum absolute atomic E-state index is 5.97. The van der Waals surface area contributed by atoms with Gasteiger partial charge in [0, 0.05) is 12.8 Å². The molecule has 14 heavy (non-hydrogen) atoms. The molecule has 0 N–H and O–H groups in total. The van der Waals surface area contributed by atoms with Crippen molar-refractivity contribution in [1.29, 1.82) is 0 Å². The molecule has 2 rings (SSSR count). The van der Waals surface area contributed by atoms with E-state index in [0.29, 0.717) is 11.3 Å². The average molecular weight is 198 g/mol. The lowest BCUT2D eigenvalue weighted by molar-refractivity contribution is -0.215. The number of rotatable bonds is 0. The molecule has 2 heteroatoms. The van der Waals surface area contributed by atoms with Gasteiger partial charge in [-0.3, -0.25) is 0 Å². The van der Waals surface area contributed by atoms with Gasteiger partial charge in [0.1, 0.15) is 0 Å². The van der Waals surface area contributed by atoms with Gasteiger partial charge in [-0.1, -0.05) is 20.8 Å². The molecular formula is C12H22O2. The standard InChI is InChI=1S/C12H22O2/c1-9-5-11(3,4)8-12(6-9)13-7-10(2)14-12/h9-10H,5-8H2,1-4H3. The summed E-state index contributed by atoms with van der Waals surface area (Å²) in [4.78, 5) is 0. The van der Waals surface area contributed by atoms with E-state index in [0.717, 1.165) is 19.4 Å². The van der Waals surface area contributed by atoms with Gasteiger partial charge >= 0.3 is 0 Å². The van der Waals surface area contributed by atoms with Gasteiger partial charge < -0.3 is 9.47 Å². The maximum atomic E-state index is 5.97. The van der Waals surface area contributed by atoms with Crippen molar-refractivity contribution in [3.63, 3.8) is 0 Å². The van der Waals surface area contributed by atoms with Gasteiger partial charge in [-0.05, 0) is 24.7 Å². The van der Waals surface area contributed by atoms with Crippen molar-refractivity contribution in [2.75, 3.05) is 6.61 Å². The molecular weight excluding hydrogens is 176 g/mol. The fourth-order valence-corrected chi connectivity index (χ4v) is 3.32. The molecule has 1 heterocycles. The highest BCUT2D eigenvalue weighted by molar-refractivity contribution is 4.91. The van der Waals surface area contributed by atoms with Crippen molar-refractivity contribution in [1.82, 2.24) is 0 Å². The molecule has 1 aliphatic carbocycles. The molecule has 3 unspecified atom stereocenters. The molecule has 0 aromatic heterocycles. The molecule has 0 bridgehead atoms. The van der Waals surface area contributed by atoms with Crippen LogP contribution in [0.3, 0.4) is 0 Å². The van der Waals surface area contributed by atoms with Gasteiger partial charge in [-0.25, -0.2) is 0 Å². The van der Waals surface area contributed by atoms with Gasteiger partial charge in [0.25, 0.3) is 0 Å².